The first kappa shape index (κ1) is 27.6. The molecule has 7 nitrogen and oxygen atoms in total. The maximum Gasteiger partial charge on any atom is 0.470 e. The van der Waals surface area contributed by atoms with Crippen LogP contribution in [0.25, 0.3) is 11.5 Å². The summed E-state index contributed by atoms with van der Waals surface area (Å²) in [6.07, 6.45) is -4.25. The molecule has 1 amide bonds. The monoisotopic (exact) mass is 527 g/mol. The molecule has 0 bridgehead atoms. The van der Waals surface area contributed by atoms with Crippen LogP contribution in [-0.4, -0.2) is 66.2 Å². The first-order valence-corrected chi connectivity index (χ1v) is 11.6. The second-order valence-corrected chi connectivity index (χ2v) is 8.60. The number of amides is 1. The number of benzene rings is 2. The molecular formula is C24H26ClF4N5O2. The first-order chi connectivity index (χ1) is 17.1. The predicted molar refractivity (Wildman–Crippen MR) is 128 cm³/mol. The van der Waals surface area contributed by atoms with Gasteiger partial charge >= 0.3 is 12.1 Å². The maximum absolute atomic E-state index is 14.4. The highest BCUT2D eigenvalue weighted by Gasteiger charge is 2.38. The molecule has 1 fully saturated rings. The summed E-state index contributed by atoms with van der Waals surface area (Å²) in [5.41, 5.74) is 0.643. The number of hydrogen-bond donors (Lipinski definition) is 0. The van der Waals surface area contributed by atoms with Gasteiger partial charge in [0.05, 0.1) is 6.54 Å². The third kappa shape index (κ3) is 7.49. The van der Waals surface area contributed by atoms with Crippen molar-refractivity contribution in [2.45, 2.75) is 19.6 Å². The molecule has 1 saturated heterocycles. The van der Waals surface area contributed by atoms with Crippen molar-refractivity contribution in [2.24, 2.45) is 0 Å². The summed E-state index contributed by atoms with van der Waals surface area (Å²) < 4.78 is 56.4. The van der Waals surface area contributed by atoms with Gasteiger partial charge in [0.15, 0.2) is 0 Å². The van der Waals surface area contributed by atoms with Crippen LogP contribution >= 0.6 is 11.6 Å². The summed E-state index contributed by atoms with van der Waals surface area (Å²) in [6, 6.07) is 9.99. The van der Waals surface area contributed by atoms with Crippen LogP contribution in [0.15, 0.2) is 46.9 Å². The number of aromatic nitrogens is 2. The van der Waals surface area contributed by atoms with E-state index in [0.717, 1.165) is 6.07 Å². The lowest BCUT2D eigenvalue weighted by molar-refractivity contribution is -0.156. The molecule has 3 aromatic rings. The van der Waals surface area contributed by atoms with Gasteiger partial charge in [-0.2, -0.15) is 13.2 Å². The van der Waals surface area contributed by atoms with E-state index in [1.165, 1.54) is 49.8 Å². The molecule has 0 spiro atoms. The van der Waals surface area contributed by atoms with Crippen molar-refractivity contribution in [2.75, 3.05) is 44.7 Å². The highest BCUT2D eigenvalue weighted by Crippen LogP contribution is 2.31. The molecule has 0 N–H and O–H groups in total. The molecule has 2 heterocycles. The molecule has 2 aromatic carbocycles. The molecular weight excluding hydrogens is 502 g/mol. The van der Waals surface area contributed by atoms with E-state index in [9.17, 15) is 22.4 Å². The number of likely N-dealkylation sites (N-methyl/N-ethyl adjacent to an activating group) is 2. The van der Waals surface area contributed by atoms with Gasteiger partial charge in [0.1, 0.15) is 5.82 Å². The van der Waals surface area contributed by atoms with Gasteiger partial charge in [-0.1, -0.05) is 24.6 Å². The van der Waals surface area contributed by atoms with E-state index in [2.05, 4.69) is 38.4 Å². The predicted octanol–water partition coefficient (Wildman–Crippen LogP) is 4.96. The Balaban J connectivity index is 0.000000338. The van der Waals surface area contributed by atoms with Crippen molar-refractivity contribution in [1.29, 1.82) is 0 Å². The van der Waals surface area contributed by atoms with Crippen LogP contribution in [0.3, 0.4) is 0 Å². The minimum Gasteiger partial charge on any atom is -0.413 e. The number of carbonyl (C=O) groups is 1. The van der Waals surface area contributed by atoms with Gasteiger partial charge in [-0.3, -0.25) is 4.79 Å². The molecule has 0 radical (unpaired) electrons. The largest absolute Gasteiger partial charge is 0.470 e. The number of rotatable bonds is 6. The zero-order chi connectivity index (χ0) is 26.3. The van der Waals surface area contributed by atoms with E-state index < -0.39 is 23.8 Å². The number of hydrogen-bond acceptors (Lipinski definition) is 6. The second kappa shape index (κ2) is 12.3. The lowest BCUT2D eigenvalue weighted by Crippen LogP contribution is -2.44. The van der Waals surface area contributed by atoms with Gasteiger partial charge in [-0.05, 0) is 50.0 Å². The van der Waals surface area contributed by atoms with Crippen LogP contribution in [0.1, 0.15) is 18.4 Å². The Kier molecular flexibility index (Phi) is 9.41. The van der Waals surface area contributed by atoms with Crippen LogP contribution in [0.5, 0.6) is 0 Å². The molecule has 1 aliphatic rings. The normalized spacial score (nSPS) is 14.8. The fraction of sp³-hybridized carbons (Fsp3) is 0.375. The molecule has 0 aliphatic carbocycles. The fourth-order valence-electron chi connectivity index (χ4n) is 3.43. The summed E-state index contributed by atoms with van der Waals surface area (Å²) in [5.74, 6) is -2.71. The standard InChI is InChI=1S/C17H10ClF4N3O2.C7H16N2/c18-12-3-5-13(6-4-12)25(9-26)8-11-2-1-10(7-14(11)19)15-23-24-16(27-15)17(20,21)22;1-3-9-6-4-8(2)5-7-9/h1-7,9H,8H2;3-7H2,1-2H3. The quantitative estimate of drug-likeness (QED) is 0.333. The SMILES string of the molecule is CCN1CCN(C)CC1.O=CN(Cc1ccc(-c2nnc(C(F)(F)F)o2)cc1F)c1ccc(Cl)cc1. The highest BCUT2D eigenvalue weighted by molar-refractivity contribution is 6.30. The molecule has 12 heteroatoms. The van der Waals surface area contributed by atoms with Gasteiger partial charge in [0, 0.05) is 48.0 Å². The summed E-state index contributed by atoms with van der Waals surface area (Å²) in [5, 5.41) is 6.65. The van der Waals surface area contributed by atoms with Crippen LogP contribution in [0, 0.1) is 5.82 Å². The molecule has 4 rings (SSSR count). The third-order valence-electron chi connectivity index (χ3n) is 5.64. The van der Waals surface area contributed by atoms with Crippen molar-refractivity contribution < 1.29 is 26.8 Å². The summed E-state index contributed by atoms with van der Waals surface area (Å²) in [4.78, 5) is 17.4. The lowest BCUT2D eigenvalue weighted by Gasteiger charge is -2.31. The molecule has 0 unspecified atom stereocenters. The molecule has 1 aliphatic heterocycles. The first-order valence-electron chi connectivity index (χ1n) is 11.2. The number of carbonyl (C=O) groups excluding carboxylic acids is 1. The van der Waals surface area contributed by atoms with Gasteiger partial charge in [0.2, 0.25) is 12.3 Å². The van der Waals surface area contributed by atoms with Gasteiger partial charge in [-0.15, -0.1) is 10.2 Å². The third-order valence-corrected chi connectivity index (χ3v) is 5.89. The van der Waals surface area contributed by atoms with Crippen LogP contribution < -0.4 is 4.90 Å². The summed E-state index contributed by atoms with van der Waals surface area (Å²) in [6.45, 7) is 8.36. The molecule has 194 valence electrons. The Morgan fingerprint density at radius 2 is 1.75 bits per heavy atom. The Morgan fingerprint density at radius 3 is 2.28 bits per heavy atom. The van der Waals surface area contributed by atoms with Crippen LogP contribution in [0.2, 0.25) is 5.02 Å². The van der Waals surface area contributed by atoms with Crippen molar-refractivity contribution in [3.8, 4) is 11.5 Å². The Hall–Kier alpha value is -3.02. The lowest BCUT2D eigenvalue weighted by atomic mass is 10.1. The van der Waals surface area contributed by atoms with E-state index in [-0.39, 0.29) is 17.7 Å². The van der Waals surface area contributed by atoms with Gasteiger partial charge < -0.3 is 19.1 Å². The summed E-state index contributed by atoms with van der Waals surface area (Å²) in [7, 11) is 2.19. The van der Waals surface area contributed by atoms with E-state index in [1.54, 1.807) is 24.3 Å². The maximum atomic E-state index is 14.4. The number of alkyl halides is 3. The number of anilines is 1. The van der Waals surface area contributed by atoms with Crippen molar-refractivity contribution in [1.82, 2.24) is 20.0 Å². The fourth-order valence-corrected chi connectivity index (χ4v) is 3.56. The molecule has 1 aromatic heterocycles. The van der Waals surface area contributed by atoms with Crippen LogP contribution in [0.4, 0.5) is 23.2 Å². The zero-order valence-electron chi connectivity index (χ0n) is 19.8. The van der Waals surface area contributed by atoms with Gasteiger partial charge in [0.25, 0.3) is 0 Å². The Morgan fingerprint density at radius 1 is 1.08 bits per heavy atom. The number of piperazine rings is 1. The number of nitrogens with zero attached hydrogens (tertiary/aromatic N) is 5. The Bertz CT molecular complexity index is 1130. The van der Waals surface area contributed by atoms with Crippen molar-refractivity contribution >= 4 is 23.7 Å². The van der Waals surface area contributed by atoms with E-state index >= 15 is 0 Å². The minimum absolute atomic E-state index is 0.0107. The number of halogens is 5. The van der Waals surface area contributed by atoms with E-state index in [1.807, 2.05) is 0 Å². The van der Waals surface area contributed by atoms with E-state index in [4.69, 9.17) is 11.6 Å². The second-order valence-electron chi connectivity index (χ2n) is 8.16. The minimum atomic E-state index is -4.78. The average Bonchev–Trinajstić information content (AvgIpc) is 3.36. The van der Waals surface area contributed by atoms with Crippen molar-refractivity contribution in [3.63, 3.8) is 0 Å². The Labute approximate surface area is 211 Å². The molecule has 0 atom stereocenters. The smallest absolute Gasteiger partial charge is 0.413 e. The van der Waals surface area contributed by atoms with Crippen molar-refractivity contribution in [3.05, 3.63) is 64.8 Å². The highest BCUT2D eigenvalue weighted by atomic mass is 35.5. The van der Waals surface area contributed by atoms with Crippen LogP contribution in [-0.2, 0) is 17.5 Å². The summed E-state index contributed by atoms with van der Waals surface area (Å²) >= 11 is 5.79. The molecule has 36 heavy (non-hydrogen) atoms. The zero-order valence-corrected chi connectivity index (χ0v) is 20.6. The topological polar surface area (TPSA) is 65.7 Å². The average molecular weight is 528 g/mol. The van der Waals surface area contributed by atoms with Gasteiger partial charge in [-0.25, -0.2) is 4.39 Å². The molecule has 0 saturated carbocycles. The van der Waals surface area contributed by atoms with E-state index in [0.29, 0.717) is 17.1 Å².